The van der Waals surface area contributed by atoms with Crippen LogP contribution in [0, 0.1) is 12.3 Å². The lowest BCUT2D eigenvalue weighted by molar-refractivity contribution is -0.115. The van der Waals surface area contributed by atoms with Crippen molar-refractivity contribution in [3.63, 3.8) is 0 Å². The monoisotopic (exact) mass is 266 g/mol. The molecule has 1 aromatic rings. The average Bonchev–Trinajstić information content (AvgIpc) is 2.62. The molecule has 98 valence electrons. The molecule has 1 aliphatic rings. The van der Waals surface area contributed by atoms with E-state index in [9.17, 15) is 4.79 Å². The second-order valence-corrected chi connectivity index (χ2v) is 6.39. The van der Waals surface area contributed by atoms with Crippen LogP contribution in [-0.2, 0) is 11.2 Å². The molecule has 1 heterocycles. The average molecular weight is 267 g/mol. The summed E-state index contributed by atoms with van der Waals surface area (Å²) in [5.74, 6) is 0.0191. The highest BCUT2D eigenvalue weighted by Gasteiger charge is 2.29. The van der Waals surface area contributed by atoms with E-state index >= 15 is 0 Å². The number of carbonyl (C=O) groups is 1. The second-order valence-electron chi connectivity index (χ2n) is 6.01. The maximum atomic E-state index is 11.5. The molecule has 2 rings (SSSR count). The molecule has 1 amide bonds. The highest BCUT2D eigenvalue weighted by Crippen LogP contribution is 2.41. The van der Waals surface area contributed by atoms with E-state index < -0.39 is 0 Å². The molecule has 0 fully saturated rings. The van der Waals surface area contributed by atoms with E-state index in [2.05, 4.69) is 26.1 Å². The fourth-order valence-electron chi connectivity index (χ4n) is 2.25. The van der Waals surface area contributed by atoms with Crippen LogP contribution in [0.15, 0.2) is 6.07 Å². The molecule has 1 aromatic carbocycles. The van der Waals surface area contributed by atoms with Crippen molar-refractivity contribution in [2.75, 3.05) is 5.32 Å². The van der Waals surface area contributed by atoms with Gasteiger partial charge in [0.25, 0.3) is 0 Å². The van der Waals surface area contributed by atoms with Gasteiger partial charge in [-0.15, -0.1) is 0 Å². The number of hydrogen-bond acceptors (Lipinski definition) is 2. The van der Waals surface area contributed by atoms with Gasteiger partial charge in [-0.3, -0.25) is 4.79 Å². The Hall–Kier alpha value is -1.06. The lowest BCUT2D eigenvalue weighted by atomic mass is 9.82. The first-order valence-electron chi connectivity index (χ1n) is 6.09. The maximum Gasteiger partial charge on any atom is 0.228 e. The first-order chi connectivity index (χ1) is 8.21. The lowest BCUT2D eigenvalue weighted by Crippen LogP contribution is -2.26. The van der Waals surface area contributed by atoms with Gasteiger partial charge in [0.15, 0.2) is 0 Å². The molecule has 18 heavy (non-hydrogen) atoms. The van der Waals surface area contributed by atoms with E-state index in [1.807, 2.05) is 13.0 Å². The Balaban J connectivity index is 2.55. The van der Waals surface area contributed by atoms with Crippen LogP contribution in [0.25, 0.3) is 0 Å². The Morgan fingerprint density at radius 2 is 2.06 bits per heavy atom. The molecule has 0 saturated heterocycles. The number of anilines is 1. The van der Waals surface area contributed by atoms with Crippen LogP contribution in [-0.4, -0.2) is 5.91 Å². The molecule has 0 spiro atoms. The Labute approximate surface area is 113 Å². The van der Waals surface area contributed by atoms with Gasteiger partial charge in [0, 0.05) is 11.7 Å². The molecule has 0 saturated carbocycles. The summed E-state index contributed by atoms with van der Waals surface area (Å²) in [6.45, 7) is 8.17. The van der Waals surface area contributed by atoms with Gasteiger partial charge in [-0.1, -0.05) is 38.4 Å². The van der Waals surface area contributed by atoms with Crippen molar-refractivity contribution in [3.05, 3.63) is 27.8 Å². The smallest absolute Gasteiger partial charge is 0.228 e. The van der Waals surface area contributed by atoms with E-state index in [0.29, 0.717) is 11.4 Å². The fourth-order valence-corrected chi connectivity index (χ4v) is 2.52. The van der Waals surface area contributed by atoms with E-state index in [4.69, 9.17) is 17.3 Å². The van der Waals surface area contributed by atoms with Gasteiger partial charge >= 0.3 is 0 Å². The number of carbonyl (C=O) groups excluding carboxylic acids is 1. The SMILES string of the molecule is Cc1c(Cl)c(C(N)C(C)(C)C)cc2c1NC(=O)C2. The van der Waals surface area contributed by atoms with Gasteiger partial charge < -0.3 is 11.1 Å². The van der Waals surface area contributed by atoms with Crippen LogP contribution in [0.5, 0.6) is 0 Å². The third kappa shape index (κ3) is 2.13. The molecule has 1 atom stereocenters. The minimum absolute atomic E-state index is 0.0191. The predicted octanol–water partition coefficient (Wildman–Crippen LogP) is 3.19. The third-order valence-corrected chi connectivity index (χ3v) is 3.99. The summed E-state index contributed by atoms with van der Waals surface area (Å²) in [6, 6.07) is 1.82. The van der Waals surface area contributed by atoms with Crippen molar-refractivity contribution in [1.29, 1.82) is 0 Å². The first kappa shape index (κ1) is 13.4. The molecule has 4 heteroatoms. The summed E-state index contributed by atoms with van der Waals surface area (Å²) in [4.78, 5) is 11.5. The summed E-state index contributed by atoms with van der Waals surface area (Å²) in [5, 5.41) is 3.51. The zero-order chi connectivity index (χ0) is 13.7. The molecule has 3 nitrogen and oxygen atoms in total. The third-order valence-electron chi connectivity index (χ3n) is 3.49. The zero-order valence-electron chi connectivity index (χ0n) is 11.2. The summed E-state index contributed by atoms with van der Waals surface area (Å²) in [5.41, 5.74) is 9.90. The maximum absolute atomic E-state index is 11.5. The van der Waals surface area contributed by atoms with Gasteiger partial charge in [-0.05, 0) is 29.0 Å². The van der Waals surface area contributed by atoms with E-state index in [-0.39, 0.29) is 17.4 Å². The van der Waals surface area contributed by atoms with Crippen LogP contribution in [0.4, 0.5) is 5.69 Å². The first-order valence-corrected chi connectivity index (χ1v) is 6.47. The predicted molar refractivity (Wildman–Crippen MR) is 74.9 cm³/mol. The Morgan fingerprint density at radius 1 is 1.44 bits per heavy atom. The lowest BCUT2D eigenvalue weighted by Gasteiger charge is -2.29. The van der Waals surface area contributed by atoms with Crippen LogP contribution in [0.1, 0.15) is 43.5 Å². The van der Waals surface area contributed by atoms with Crippen molar-refractivity contribution in [2.45, 2.75) is 40.2 Å². The number of fused-ring (bicyclic) bond motifs is 1. The van der Waals surface area contributed by atoms with E-state index in [1.54, 1.807) is 0 Å². The molecule has 1 aliphatic heterocycles. The molecular formula is C14H19ClN2O. The topological polar surface area (TPSA) is 55.1 Å². The van der Waals surface area contributed by atoms with Crippen molar-refractivity contribution in [3.8, 4) is 0 Å². The number of halogens is 1. The molecule has 1 unspecified atom stereocenters. The van der Waals surface area contributed by atoms with Gasteiger partial charge in [-0.25, -0.2) is 0 Å². The Bertz CT molecular complexity index is 518. The van der Waals surface area contributed by atoms with Crippen LogP contribution >= 0.6 is 11.6 Å². The minimum Gasteiger partial charge on any atom is -0.325 e. The van der Waals surface area contributed by atoms with E-state index in [0.717, 1.165) is 22.4 Å². The number of benzene rings is 1. The van der Waals surface area contributed by atoms with Gasteiger partial charge in [0.2, 0.25) is 5.91 Å². The quantitative estimate of drug-likeness (QED) is 0.820. The van der Waals surface area contributed by atoms with Crippen molar-refractivity contribution < 1.29 is 4.79 Å². The Morgan fingerprint density at radius 3 is 2.61 bits per heavy atom. The molecular weight excluding hydrogens is 248 g/mol. The van der Waals surface area contributed by atoms with Crippen LogP contribution in [0.2, 0.25) is 5.02 Å². The van der Waals surface area contributed by atoms with Crippen molar-refractivity contribution >= 4 is 23.2 Å². The number of nitrogens with one attached hydrogen (secondary N) is 1. The molecule has 0 aliphatic carbocycles. The summed E-state index contributed by atoms with van der Waals surface area (Å²) in [6.07, 6.45) is 0.414. The van der Waals surface area contributed by atoms with Crippen molar-refractivity contribution in [2.24, 2.45) is 11.1 Å². The number of rotatable bonds is 1. The van der Waals surface area contributed by atoms with Crippen LogP contribution in [0.3, 0.4) is 0 Å². The minimum atomic E-state index is -0.148. The molecule has 0 aromatic heterocycles. The summed E-state index contributed by atoms with van der Waals surface area (Å²) in [7, 11) is 0. The fraction of sp³-hybridized carbons (Fsp3) is 0.500. The van der Waals surface area contributed by atoms with Gasteiger partial charge in [0.05, 0.1) is 11.4 Å². The molecule has 0 bridgehead atoms. The normalized spacial score (nSPS) is 16.4. The largest absolute Gasteiger partial charge is 0.325 e. The van der Waals surface area contributed by atoms with E-state index in [1.165, 1.54) is 0 Å². The highest BCUT2D eigenvalue weighted by molar-refractivity contribution is 6.33. The second kappa shape index (κ2) is 4.25. The Kier molecular flexibility index (Phi) is 3.16. The summed E-state index contributed by atoms with van der Waals surface area (Å²) < 4.78 is 0. The number of amides is 1. The van der Waals surface area contributed by atoms with Crippen LogP contribution < -0.4 is 11.1 Å². The number of nitrogens with two attached hydrogens (primary N) is 1. The summed E-state index contributed by atoms with van der Waals surface area (Å²) >= 11 is 6.39. The highest BCUT2D eigenvalue weighted by atomic mass is 35.5. The van der Waals surface area contributed by atoms with Gasteiger partial charge in [0.1, 0.15) is 0 Å². The zero-order valence-corrected chi connectivity index (χ0v) is 12.0. The number of hydrogen-bond donors (Lipinski definition) is 2. The molecule has 3 N–H and O–H groups in total. The van der Waals surface area contributed by atoms with Crippen molar-refractivity contribution in [1.82, 2.24) is 0 Å². The van der Waals surface area contributed by atoms with Gasteiger partial charge in [-0.2, -0.15) is 0 Å². The standard InChI is InChI=1S/C14H19ClN2O/c1-7-11(15)9(13(16)14(2,3)4)5-8-6-10(18)17-12(7)8/h5,13H,6,16H2,1-4H3,(H,17,18). The molecule has 0 radical (unpaired) electrons.